The van der Waals surface area contributed by atoms with E-state index in [2.05, 4.69) is 29.6 Å². The average molecular weight is 384 g/mol. The van der Waals surface area contributed by atoms with Crippen LogP contribution in [0.2, 0.25) is 0 Å². The number of hydrogen-bond donors (Lipinski definition) is 1. The molecule has 0 spiro atoms. The minimum atomic E-state index is -1.18. The lowest BCUT2D eigenvalue weighted by molar-refractivity contribution is -0.306. The van der Waals surface area contributed by atoms with Crippen molar-refractivity contribution in [3.8, 4) is 11.1 Å². The van der Waals surface area contributed by atoms with Gasteiger partial charge in [-0.3, -0.25) is 0 Å². The zero-order valence-electron chi connectivity index (χ0n) is 15.1. The van der Waals surface area contributed by atoms with Crippen molar-refractivity contribution in [3.05, 3.63) is 59.7 Å². The summed E-state index contributed by atoms with van der Waals surface area (Å²) in [5.41, 5.74) is 4.61. The maximum Gasteiger partial charge on any atom is 0.407 e. The van der Waals surface area contributed by atoms with Crippen molar-refractivity contribution in [2.45, 2.75) is 24.8 Å². The number of ether oxygens (including phenoxy) is 1. The molecule has 0 saturated heterocycles. The fourth-order valence-corrected chi connectivity index (χ4v) is 4.01. The molecule has 5 nitrogen and oxygen atoms in total. The number of nitrogens with one attached hydrogen (secondary N) is 1. The van der Waals surface area contributed by atoms with Crippen molar-refractivity contribution in [1.82, 2.24) is 5.32 Å². The smallest absolute Gasteiger partial charge is 0.407 e. The molecule has 1 N–H and O–H groups in total. The van der Waals surface area contributed by atoms with Crippen LogP contribution in [0, 0.1) is 0 Å². The minimum Gasteiger partial charge on any atom is -0.550 e. The molecule has 1 aliphatic rings. The number of hydrogen-bond acceptors (Lipinski definition) is 5. The number of fused-ring (bicyclic) bond motifs is 3. The van der Waals surface area contributed by atoms with Crippen molar-refractivity contribution in [1.29, 1.82) is 0 Å². The van der Waals surface area contributed by atoms with Gasteiger partial charge in [-0.15, -0.1) is 0 Å². The summed E-state index contributed by atoms with van der Waals surface area (Å²) >= 11 is 1.60. The normalized spacial score (nSPS) is 13.5. The van der Waals surface area contributed by atoms with Gasteiger partial charge in [0.25, 0.3) is 0 Å². The second-order valence-electron chi connectivity index (χ2n) is 6.52. The number of amides is 1. The molecule has 1 amide bonds. The molecular formula is C21H22NO4S-. The zero-order chi connectivity index (χ0) is 19.2. The first-order valence-corrected chi connectivity index (χ1v) is 10.3. The Morgan fingerprint density at radius 1 is 1.11 bits per heavy atom. The van der Waals surface area contributed by atoms with E-state index < -0.39 is 18.1 Å². The fraction of sp³-hybridized carbons (Fsp3) is 0.333. The van der Waals surface area contributed by atoms with Gasteiger partial charge in [0.2, 0.25) is 0 Å². The van der Waals surface area contributed by atoms with Crippen molar-refractivity contribution in [2.75, 3.05) is 18.6 Å². The van der Waals surface area contributed by atoms with E-state index in [0.717, 1.165) is 28.0 Å². The highest BCUT2D eigenvalue weighted by atomic mass is 32.2. The van der Waals surface area contributed by atoms with Crippen molar-refractivity contribution in [3.63, 3.8) is 0 Å². The Balaban J connectivity index is 1.65. The van der Waals surface area contributed by atoms with Crippen LogP contribution in [0.25, 0.3) is 11.1 Å². The summed E-state index contributed by atoms with van der Waals surface area (Å²) in [6.45, 7) is 0.209. The van der Waals surface area contributed by atoms with Gasteiger partial charge in [0.1, 0.15) is 6.61 Å². The summed E-state index contributed by atoms with van der Waals surface area (Å²) in [5, 5.41) is 13.5. The van der Waals surface area contributed by atoms with Crippen LogP contribution in [-0.2, 0) is 9.53 Å². The van der Waals surface area contributed by atoms with E-state index in [1.807, 2.05) is 30.5 Å². The molecule has 1 atom stereocenters. The Hall–Kier alpha value is -2.47. The van der Waals surface area contributed by atoms with E-state index in [1.165, 1.54) is 0 Å². The average Bonchev–Trinajstić information content (AvgIpc) is 2.98. The molecule has 0 heterocycles. The van der Waals surface area contributed by atoms with Crippen LogP contribution in [0.15, 0.2) is 48.5 Å². The van der Waals surface area contributed by atoms with Crippen molar-refractivity contribution in [2.24, 2.45) is 0 Å². The van der Waals surface area contributed by atoms with Crippen LogP contribution >= 0.6 is 11.8 Å². The molecule has 0 unspecified atom stereocenters. The highest BCUT2D eigenvalue weighted by Crippen LogP contribution is 2.44. The van der Waals surface area contributed by atoms with E-state index >= 15 is 0 Å². The predicted molar refractivity (Wildman–Crippen MR) is 105 cm³/mol. The second kappa shape index (κ2) is 8.95. The Morgan fingerprint density at radius 2 is 1.70 bits per heavy atom. The minimum absolute atomic E-state index is 0.0195. The summed E-state index contributed by atoms with van der Waals surface area (Å²) in [6, 6.07) is 15.7. The largest absolute Gasteiger partial charge is 0.550 e. The summed E-state index contributed by atoms with van der Waals surface area (Å²) in [5.74, 6) is -0.448. The van der Waals surface area contributed by atoms with Gasteiger partial charge in [-0.2, -0.15) is 11.8 Å². The predicted octanol–water partition coefficient (Wildman–Crippen LogP) is 2.79. The summed E-state index contributed by atoms with van der Waals surface area (Å²) in [4.78, 5) is 23.1. The summed E-state index contributed by atoms with van der Waals surface area (Å²) in [6.07, 6.45) is 1.68. The first kappa shape index (κ1) is 19.3. The molecule has 0 radical (unpaired) electrons. The van der Waals surface area contributed by atoms with Crippen LogP contribution in [0.1, 0.15) is 29.9 Å². The van der Waals surface area contributed by atoms with Crippen LogP contribution in [0.3, 0.4) is 0 Å². The van der Waals surface area contributed by atoms with Gasteiger partial charge in [-0.25, -0.2) is 4.79 Å². The Labute approximate surface area is 163 Å². The highest BCUT2D eigenvalue weighted by molar-refractivity contribution is 7.98. The van der Waals surface area contributed by atoms with E-state index in [4.69, 9.17) is 4.74 Å². The first-order valence-electron chi connectivity index (χ1n) is 8.90. The third kappa shape index (κ3) is 4.63. The SMILES string of the molecule is CSCC[C@@H](CC(=O)[O-])NC(=O)OCC1c2ccccc2-c2ccccc21. The van der Waals surface area contributed by atoms with E-state index in [9.17, 15) is 14.7 Å². The van der Waals surface area contributed by atoms with Gasteiger partial charge < -0.3 is 20.0 Å². The molecular weight excluding hydrogens is 362 g/mol. The molecule has 0 aliphatic heterocycles. The van der Waals surface area contributed by atoms with Gasteiger partial charge >= 0.3 is 6.09 Å². The molecule has 27 heavy (non-hydrogen) atoms. The molecule has 0 fully saturated rings. The number of alkyl carbamates (subject to hydrolysis) is 1. The third-order valence-corrected chi connectivity index (χ3v) is 5.39. The molecule has 2 aromatic carbocycles. The molecule has 1 aliphatic carbocycles. The Bertz CT molecular complexity index is 778. The lowest BCUT2D eigenvalue weighted by Crippen LogP contribution is -2.40. The molecule has 3 rings (SSSR count). The third-order valence-electron chi connectivity index (χ3n) is 4.75. The monoisotopic (exact) mass is 384 g/mol. The highest BCUT2D eigenvalue weighted by Gasteiger charge is 2.29. The van der Waals surface area contributed by atoms with Crippen LogP contribution in [0.5, 0.6) is 0 Å². The van der Waals surface area contributed by atoms with E-state index in [0.29, 0.717) is 6.42 Å². The summed E-state index contributed by atoms with van der Waals surface area (Å²) < 4.78 is 5.46. The van der Waals surface area contributed by atoms with Gasteiger partial charge in [0.15, 0.2) is 0 Å². The second-order valence-corrected chi connectivity index (χ2v) is 7.51. The number of carbonyl (C=O) groups is 2. The molecule has 0 aromatic heterocycles. The standard InChI is InChI=1S/C21H23NO4S/c1-27-11-10-14(12-20(23)24)22-21(25)26-13-19-17-8-4-2-6-15(17)16-7-3-5-9-18(16)19/h2-9,14,19H,10-13H2,1H3,(H,22,25)(H,23,24)/p-1/t14-/m0/s1. The van der Waals surface area contributed by atoms with Crippen LogP contribution < -0.4 is 10.4 Å². The maximum atomic E-state index is 12.2. The number of carboxylic acid groups (broad SMARTS) is 1. The fourth-order valence-electron chi connectivity index (χ4n) is 3.49. The Morgan fingerprint density at radius 3 is 2.26 bits per heavy atom. The number of aliphatic carboxylic acids is 1. The summed E-state index contributed by atoms with van der Waals surface area (Å²) in [7, 11) is 0. The molecule has 142 valence electrons. The lowest BCUT2D eigenvalue weighted by atomic mass is 9.98. The zero-order valence-corrected chi connectivity index (χ0v) is 16.0. The molecule has 0 bridgehead atoms. The van der Waals surface area contributed by atoms with Crippen LogP contribution in [-0.4, -0.2) is 36.7 Å². The molecule has 0 saturated carbocycles. The number of thioether (sulfide) groups is 1. The Kier molecular flexibility index (Phi) is 6.40. The maximum absolute atomic E-state index is 12.2. The van der Waals surface area contributed by atoms with E-state index in [1.54, 1.807) is 11.8 Å². The number of carbonyl (C=O) groups excluding carboxylic acids is 2. The number of rotatable bonds is 8. The molecule has 6 heteroatoms. The van der Waals surface area contributed by atoms with E-state index in [-0.39, 0.29) is 18.9 Å². The van der Waals surface area contributed by atoms with Crippen molar-refractivity contribution >= 4 is 23.8 Å². The lowest BCUT2D eigenvalue weighted by Gasteiger charge is -2.20. The van der Waals surface area contributed by atoms with Gasteiger partial charge in [0.05, 0.1) is 0 Å². The number of benzene rings is 2. The first-order chi connectivity index (χ1) is 13.1. The number of carboxylic acids is 1. The topological polar surface area (TPSA) is 78.5 Å². The van der Waals surface area contributed by atoms with Gasteiger partial charge in [0, 0.05) is 24.3 Å². The van der Waals surface area contributed by atoms with Gasteiger partial charge in [-0.1, -0.05) is 48.5 Å². The van der Waals surface area contributed by atoms with Gasteiger partial charge in [-0.05, 0) is 40.7 Å². The van der Waals surface area contributed by atoms with Crippen molar-refractivity contribution < 1.29 is 19.4 Å². The molecule has 2 aromatic rings. The quantitative estimate of drug-likeness (QED) is 0.757. The van der Waals surface area contributed by atoms with Crippen LogP contribution in [0.4, 0.5) is 4.79 Å².